The second-order valence-corrected chi connectivity index (χ2v) is 5.79. The van der Waals surface area contributed by atoms with Crippen LogP contribution >= 0.6 is 0 Å². The molecule has 25 heavy (non-hydrogen) atoms. The summed E-state index contributed by atoms with van der Waals surface area (Å²) < 4.78 is 0. The van der Waals surface area contributed by atoms with E-state index in [1.165, 1.54) is 6.33 Å². The van der Waals surface area contributed by atoms with Gasteiger partial charge in [-0.05, 0) is 18.7 Å². The van der Waals surface area contributed by atoms with Gasteiger partial charge in [0, 0.05) is 45.1 Å². The fraction of sp³-hybridized carbons (Fsp3) is 0.400. The highest BCUT2D eigenvalue weighted by Crippen LogP contribution is 2.29. The monoisotopic (exact) mass is 344 g/mol. The van der Waals surface area contributed by atoms with E-state index < -0.39 is 4.92 Å². The van der Waals surface area contributed by atoms with Gasteiger partial charge in [-0.25, -0.2) is 15.0 Å². The Bertz CT molecular complexity index is 719. The average molecular weight is 344 g/mol. The Morgan fingerprint density at radius 1 is 1.24 bits per heavy atom. The van der Waals surface area contributed by atoms with Crippen molar-refractivity contribution in [3.63, 3.8) is 0 Å². The summed E-state index contributed by atoms with van der Waals surface area (Å²) in [5, 5.41) is 16.5. The van der Waals surface area contributed by atoms with Gasteiger partial charge in [0.2, 0.25) is 11.6 Å². The molecule has 0 atom stereocenters. The number of rotatable bonds is 6. The molecule has 2 aromatic rings. The summed E-state index contributed by atoms with van der Waals surface area (Å²) in [6.45, 7) is 3.68. The largest absolute Gasteiger partial charge is 0.360 e. The molecule has 1 aliphatic heterocycles. The molecule has 0 aromatic carbocycles. The number of hydrogen-bond acceptors (Lipinski definition) is 9. The van der Waals surface area contributed by atoms with E-state index in [0.717, 1.165) is 31.7 Å². The second-order valence-electron chi connectivity index (χ2n) is 5.79. The molecule has 1 fully saturated rings. The van der Waals surface area contributed by atoms with Crippen LogP contribution in [0.25, 0.3) is 0 Å². The lowest BCUT2D eigenvalue weighted by molar-refractivity contribution is -0.383. The Morgan fingerprint density at radius 3 is 2.68 bits per heavy atom. The van der Waals surface area contributed by atoms with Crippen LogP contribution in [0.1, 0.15) is 5.56 Å². The van der Waals surface area contributed by atoms with E-state index in [4.69, 9.17) is 0 Å². The van der Waals surface area contributed by atoms with Crippen LogP contribution in [0.5, 0.6) is 0 Å². The van der Waals surface area contributed by atoms with E-state index in [1.54, 1.807) is 12.4 Å². The van der Waals surface area contributed by atoms with Crippen molar-refractivity contribution in [1.82, 2.24) is 24.9 Å². The van der Waals surface area contributed by atoms with Gasteiger partial charge in [0.15, 0.2) is 0 Å². The Balaban J connectivity index is 1.75. The molecule has 0 unspecified atom stereocenters. The summed E-state index contributed by atoms with van der Waals surface area (Å²) in [5.74, 6) is 0.374. The summed E-state index contributed by atoms with van der Waals surface area (Å²) in [4.78, 5) is 25.4. The first-order chi connectivity index (χ1) is 12.1. The topological polar surface area (TPSA) is 112 Å². The molecule has 10 heteroatoms. The van der Waals surface area contributed by atoms with E-state index in [1.807, 2.05) is 24.2 Å². The second kappa shape index (κ2) is 7.81. The molecule has 0 aliphatic carbocycles. The lowest BCUT2D eigenvalue weighted by Crippen LogP contribution is -2.47. The molecule has 1 aliphatic rings. The lowest BCUT2D eigenvalue weighted by Gasteiger charge is -2.32. The molecule has 3 rings (SSSR count). The number of hydrogen-bond donors (Lipinski definition) is 2. The van der Waals surface area contributed by atoms with Crippen LogP contribution in [-0.2, 0) is 6.54 Å². The van der Waals surface area contributed by atoms with Crippen molar-refractivity contribution < 1.29 is 4.92 Å². The zero-order valence-corrected chi connectivity index (χ0v) is 13.9. The fourth-order valence-electron chi connectivity index (χ4n) is 2.52. The third-order valence-corrected chi connectivity index (χ3v) is 3.95. The van der Waals surface area contributed by atoms with Crippen LogP contribution in [0.4, 0.5) is 17.3 Å². The standard InChI is InChI=1S/C15H20N8O2/c1-21-5-7-22(8-6-21)20-15-13(23(24)25)14(18-11-19-15)17-10-12-3-2-4-16-9-12/h2-4,9,11H,5-8,10H2,1H3,(H2,17,18,19,20). The van der Waals surface area contributed by atoms with Crippen molar-refractivity contribution >= 4 is 17.3 Å². The van der Waals surface area contributed by atoms with E-state index in [2.05, 4.69) is 30.6 Å². The maximum absolute atomic E-state index is 11.6. The molecule has 0 bridgehead atoms. The summed E-state index contributed by atoms with van der Waals surface area (Å²) >= 11 is 0. The van der Waals surface area contributed by atoms with Crippen molar-refractivity contribution in [3.8, 4) is 0 Å². The fourth-order valence-corrected chi connectivity index (χ4v) is 2.52. The number of piperazine rings is 1. The molecule has 0 spiro atoms. The summed E-state index contributed by atoms with van der Waals surface area (Å²) in [6, 6.07) is 3.70. The van der Waals surface area contributed by atoms with Crippen molar-refractivity contribution in [2.24, 2.45) is 0 Å². The predicted molar refractivity (Wildman–Crippen MR) is 92.9 cm³/mol. The summed E-state index contributed by atoms with van der Waals surface area (Å²) in [7, 11) is 2.05. The zero-order valence-electron chi connectivity index (χ0n) is 13.9. The van der Waals surface area contributed by atoms with Gasteiger partial charge in [0.1, 0.15) is 6.33 Å². The number of nitro groups is 1. The van der Waals surface area contributed by atoms with Crippen LogP contribution in [0, 0.1) is 10.1 Å². The van der Waals surface area contributed by atoms with Crippen molar-refractivity contribution in [2.75, 3.05) is 44.0 Å². The van der Waals surface area contributed by atoms with Crippen molar-refractivity contribution in [2.45, 2.75) is 6.54 Å². The molecular formula is C15H20N8O2. The molecule has 0 saturated carbocycles. The van der Waals surface area contributed by atoms with E-state index in [9.17, 15) is 10.1 Å². The van der Waals surface area contributed by atoms with Gasteiger partial charge in [0.05, 0.1) is 4.92 Å². The van der Waals surface area contributed by atoms with Gasteiger partial charge in [-0.15, -0.1) is 0 Å². The van der Waals surface area contributed by atoms with Gasteiger partial charge in [-0.1, -0.05) is 6.07 Å². The molecule has 3 heterocycles. The van der Waals surface area contributed by atoms with E-state index in [0.29, 0.717) is 6.54 Å². The smallest absolute Gasteiger partial charge is 0.354 e. The normalized spacial score (nSPS) is 15.7. The highest BCUT2D eigenvalue weighted by atomic mass is 16.6. The minimum Gasteiger partial charge on any atom is -0.360 e. The number of nitrogens with one attached hydrogen (secondary N) is 2. The minimum absolute atomic E-state index is 0.162. The average Bonchev–Trinajstić information content (AvgIpc) is 2.62. The van der Waals surface area contributed by atoms with Crippen molar-refractivity contribution in [3.05, 3.63) is 46.5 Å². The first-order valence-electron chi connectivity index (χ1n) is 7.96. The number of likely N-dealkylation sites (N-methyl/N-ethyl adjacent to an activating group) is 1. The first-order valence-corrected chi connectivity index (χ1v) is 7.96. The molecule has 0 radical (unpaired) electrons. The third-order valence-electron chi connectivity index (χ3n) is 3.95. The number of anilines is 2. The Labute approximate surface area is 145 Å². The number of aromatic nitrogens is 3. The SMILES string of the molecule is CN1CCN(Nc2ncnc(NCc3cccnc3)c2[N+](=O)[O-])CC1. The summed E-state index contributed by atoms with van der Waals surface area (Å²) in [5.41, 5.74) is 3.80. The quantitative estimate of drug-likeness (QED) is 0.584. The van der Waals surface area contributed by atoms with Crippen LogP contribution in [0.2, 0.25) is 0 Å². The number of pyridine rings is 1. The molecule has 10 nitrogen and oxygen atoms in total. The first kappa shape index (κ1) is 17.0. The maximum atomic E-state index is 11.6. The summed E-state index contributed by atoms with van der Waals surface area (Å²) in [6.07, 6.45) is 4.69. The van der Waals surface area contributed by atoms with Crippen LogP contribution < -0.4 is 10.7 Å². The Morgan fingerprint density at radius 2 is 2.00 bits per heavy atom. The molecule has 0 amide bonds. The highest BCUT2D eigenvalue weighted by Gasteiger charge is 2.25. The molecular weight excluding hydrogens is 324 g/mol. The highest BCUT2D eigenvalue weighted by molar-refractivity contribution is 5.68. The Hall–Kier alpha value is -2.85. The van der Waals surface area contributed by atoms with E-state index in [-0.39, 0.29) is 17.3 Å². The van der Waals surface area contributed by atoms with Gasteiger partial charge in [-0.3, -0.25) is 20.5 Å². The molecule has 1 saturated heterocycles. The van der Waals surface area contributed by atoms with Crippen LogP contribution in [0.15, 0.2) is 30.9 Å². The molecule has 2 aromatic heterocycles. The molecule has 132 valence electrons. The van der Waals surface area contributed by atoms with Gasteiger partial charge < -0.3 is 10.2 Å². The van der Waals surface area contributed by atoms with Crippen molar-refractivity contribution in [1.29, 1.82) is 0 Å². The van der Waals surface area contributed by atoms with Gasteiger partial charge >= 0.3 is 5.69 Å². The zero-order chi connectivity index (χ0) is 17.6. The number of nitrogens with zero attached hydrogens (tertiary/aromatic N) is 6. The predicted octanol–water partition coefficient (Wildman–Crippen LogP) is 0.966. The van der Waals surface area contributed by atoms with Crippen LogP contribution in [-0.4, -0.2) is 63.0 Å². The maximum Gasteiger partial charge on any atom is 0.354 e. The van der Waals surface area contributed by atoms with Crippen LogP contribution in [0.3, 0.4) is 0 Å². The van der Waals surface area contributed by atoms with Gasteiger partial charge in [-0.2, -0.15) is 0 Å². The van der Waals surface area contributed by atoms with Gasteiger partial charge in [0.25, 0.3) is 0 Å². The van der Waals surface area contributed by atoms with E-state index >= 15 is 0 Å². The lowest BCUT2D eigenvalue weighted by atomic mass is 10.3. The molecule has 2 N–H and O–H groups in total. The third kappa shape index (κ3) is 4.37. The number of hydrazine groups is 1. The Kier molecular flexibility index (Phi) is 5.31. The minimum atomic E-state index is -0.468.